The van der Waals surface area contributed by atoms with Crippen LogP contribution in [0.4, 0.5) is 5.69 Å². The maximum absolute atomic E-state index is 12.6. The summed E-state index contributed by atoms with van der Waals surface area (Å²) in [6, 6.07) is 7.98. The van der Waals surface area contributed by atoms with Gasteiger partial charge in [-0.2, -0.15) is 4.52 Å². The van der Waals surface area contributed by atoms with Gasteiger partial charge in [0.15, 0.2) is 0 Å². The maximum Gasteiger partial charge on any atom is 0.284 e. The second-order valence-electron chi connectivity index (χ2n) is 5.44. The molecule has 2 aromatic heterocycles. The predicted octanol–water partition coefficient (Wildman–Crippen LogP) is 1.16. The molecule has 8 nitrogen and oxygen atoms in total. The lowest BCUT2D eigenvalue weighted by Crippen LogP contribution is -2.48. The summed E-state index contributed by atoms with van der Waals surface area (Å²) in [4.78, 5) is 17.3. The van der Waals surface area contributed by atoms with Crippen molar-refractivity contribution in [2.75, 3.05) is 38.2 Å². The number of carbonyl (C=O) groups is 1. The van der Waals surface area contributed by atoms with Gasteiger partial charge in [0.25, 0.3) is 5.91 Å². The fraction of sp³-hybridized carbons (Fsp3) is 0.333. The third kappa shape index (κ3) is 2.67. The van der Waals surface area contributed by atoms with Crippen LogP contribution in [-0.2, 0) is 0 Å². The van der Waals surface area contributed by atoms with E-state index in [1.807, 2.05) is 29.2 Å². The number of methoxy groups -OCH3 is 1. The summed E-state index contributed by atoms with van der Waals surface area (Å²) in [5, 5.41) is 12.4. The molecular weight excluding hydrogens is 328 g/mol. The Morgan fingerprint density at radius 2 is 1.92 bits per heavy atom. The van der Waals surface area contributed by atoms with Gasteiger partial charge in [0.1, 0.15) is 12.1 Å². The molecule has 24 heavy (non-hydrogen) atoms. The molecule has 0 N–H and O–H groups in total. The molecule has 3 aromatic rings. The van der Waals surface area contributed by atoms with E-state index in [-0.39, 0.29) is 5.91 Å². The molecule has 1 aliphatic rings. The number of carbonyl (C=O) groups excluding carboxylic acids is 1. The minimum atomic E-state index is -0.0418. The molecule has 3 heterocycles. The third-order valence-electron chi connectivity index (χ3n) is 4.07. The van der Waals surface area contributed by atoms with Crippen LogP contribution < -0.4 is 9.64 Å². The number of benzene rings is 1. The highest BCUT2D eigenvalue weighted by molar-refractivity contribution is 7.18. The molecule has 0 saturated carbocycles. The first-order valence-electron chi connectivity index (χ1n) is 7.60. The number of fused-ring (bicyclic) bond motifs is 1. The van der Waals surface area contributed by atoms with Crippen LogP contribution in [0.1, 0.15) is 9.80 Å². The smallest absolute Gasteiger partial charge is 0.284 e. The highest BCUT2D eigenvalue weighted by atomic mass is 32.1. The standard InChI is InChI=1S/C15H16N6O2S/c1-23-12-4-2-11(3-5-12)19-6-8-20(9-7-19)14(22)13-18-21-10-16-17-15(21)24-13/h2-5,10H,6-9H2,1H3. The van der Waals surface area contributed by atoms with Gasteiger partial charge in [-0.1, -0.05) is 11.3 Å². The van der Waals surface area contributed by atoms with Crippen LogP contribution in [0.5, 0.6) is 5.75 Å². The number of rotatable bonds is 3. The molecule has 0 bridgehead atoms. The lowest BCUT2D eigenvalue weighted by Gasteiger charge is -2.35. The number of aromatic nitrogens is 4. The largest absolute Gasteiger partial charge is 0.497 e. The van der Waals surface area contributed by atoms with Crippen LogP contribution in [0.25, 0.3) is 4.96 Å². The van der Waals surface area contributed by atoms with Crippen molar-refractivity contribution < 1.29 is 9.53 Å². The fourth-order valence-electron chi connectivity index (χ4n) is 2.74. The van der Waals surface area contributed by atoms with Gasteiger partial charge in [-0.05, 0) is 24.3 Å². The molecule has 0 spiro atoms. The van der Waals surface area contributed by atoms with E-state index in [4.69, 9.17) is 4.74 Å². The fourth-order valence-corrected chi connectivity index (χ4v) is 3.53. The molecule has 124 valence electrons. The van der Waals surface area contributed by atoms with Gasteiger partial charge in [-0.3, -0.25) is 4.79 Å². The predicted molar refractivity (Wildman–Crippen MR) is 89.8 cm³/mol. The molecule has 1 aromatic carbocycles. The Bertz CT molecular complexity index is 822. The van der Waals surface area contributed by atoms with Crippen molar-refractivity contribution in [1.29, 1.82) is 0 Å². The summed E-state index contributed by atoms with van der Waals surface area (Å²) in [6.45, 7) is 2.93. The molecule has 1 fully saturated rings. The molecule has 1 saturated heterocycles. The molecule has 1 aliphatic heterocycles. The van der Waals surface area contributed by atoms with E-state index in [9.17, 15) is 4.79 Å². The van der Waals surface area contributed by atoms with E-state index < -0.39 is 0 Å². The second kappa shape index (κ2) is 6.08. The second-order valence-corrected chi connectivity index (χ2v) is 6.40. The molecule has 9 heteroatoms. The minimum Gasteiger partial charge on any atom is -0.497 e. The average molecular weight is 344 g/mol. The highest BCUT2D eigenvalue weighted by Crippen LogP contribution is 2.21. The Labute approximate surface area is 142 Å². The zero-order valence-corrected chi connectivity index (χ0v) is 13.9. The monoisotopic (exact) mass is 344 g/mol. The first kappa shape index (κ1) is 14.9. The Kier molecular flexibility index (Phi) is 3.77. The SMILES string of the molecule is COc1ccc(N2CCN(C(=O)c3nn4cnnc4s3)CC2)cc1. The zero-order valence-electron chi connectivity index (χ0n) is 13.1. The van der Waals surface area contributed by atoms with E-state index in [0.717, 1.165) is 24.5 Å². The van der Waals surface area contributed by atoms with Gasteiger partial charge in [0.2, 0.25) is 9.97 Å². The van der Waals surface area contributed by atoms with Crippen molar-refractivity contribution in [3.63, 3.8) is 0 Å². The van der Waals surface area contributed by atoms with Crippen molar-refractivity contribution >= 4 is 27.9 Å². The number of hydrogen-bond donors (Lipinski definition) is 0. The van der Waals surface area contributed by atoms with Crippen LogP contribution in [-0.4, -0.2) is 63.9 Å². The van der Waals surface area contributed by atoms with E-state index in [1.165, 1.54) is 22.2 Å². The normalized spacial score (nSPS) is 15.0. The van der Waals surface area contributed by atoms with Gasteiger partial charge < -0.3 is 14.5 Å². The first-order chi connectivity index (χ1) is 11.7. The van der Waals surface area contributed by atoms with Gasteiger partial charge >= 0.3 is 0 Å². The Hall–Kier alpha value is -2.68. The van der Waals surface area contributed by atoms with Gasteiger partial charge in [-0.15, -0.1) is 15.3 Å². The quantitative estimate of drug-likeness (QED) is 0.710. The maximum atomic E-state index is 12.6. The summed E-state index contributed by atoms with van der Waals surface area (Å²) < 4.78 is 6.72. The van der Waals surface area contributed by atoms with Crippen molar-refractivity contribution in [3.8, 4) is 5.75 Å². The van der Waals surface area contributed by atoms with Crippen molar-refractivity contribution in [1.82, 2.24) is 24.7 Å². The third-order valence-corrected chi connectivity index (χ3v) is 4.98. The summed E-state index contributed by atoms with van der Waals surface area (Å²) >= 11 is 1.27. The average Bonchev–Trinajstić information content (AvgIpc) is 3.23. The van der Waals surface area contributed by atoms with Crippen LogP contribution in [0, 0.1) is 0 Å². The number of piperazine rings is 1. The molecule has 1 amide bonds. The van der Waals surface area contributed by atoms with E-state index in [1.54, 1.807) is 7.11 Å². The summed E-state index contributed by atoms with van der Waals surface area (Å²) in [6.07, 6.45) is 1.50. The van der Waals surface area contributed by atoms with Crippen molar-refractivity contribution in [2.45, 2.75) is 0 Å². The van der Waals surface area contributed by atoms with Crippen LogP contribution in [0.2, 0.25) is 0 Å². The lowest BCUT2D eigenvalue weighted by atomic mass is 10.2. The summed E-state index contributed by atoms with van der Waals surface area (Å²) in [7, 11) is 1.66. The number of hydrogen-bond acceptors (Lipinski definition) is 7. The van der Waals surface area contributed by atoms with Crippen LogP contribution in [0.3, 0.4) is 0 Å². The minimum absolute atomic E-state index is 0.0418. The summed E-state index contributed by atoms with van der Waals surface area (Å²) in [5.41, 5.74) is 1.14. The zero-order chi connectivity index (χ0) is 16.5. The first-order valence-corrected chi connectivity index (χ1v) is 8.41. The Morgan fingerprint density at radius 3 is 2.58 bits per heavy atom. The lowest BCUT2D eigenvalue weighted by molar-refractivity contribution is 0.0745. The molecule has 0 radical (unpaired) electrons. The Balaban J connectivity index is 1.41. The van der Waals surface area contributed by atoms with Crippen LogP contribution in [0.15, 0.2) is 30.6 Å². The van der Waals surface area contributed by atoms with Gasteiger partial charge in [-0.25, -0.2) is 0 Å². The molecule has 0 aliphatic carbocycles. The highest BCUT2D eigenvalue weighted by Gasteiger charge is 2.25. The molecule has 0 unspecified atom stereocenters. The summed E-state index contributed by atoms with van der Waals surface area (Å²) in [5.74, 6) is 0.802. The molecular formula is C15H16N6O2S. The van der Waals surface area contributed by atoms with E-state index in [2.05, 4.69) is 20.2 Å². The van der Waals surface area contributed by atoms with Gasteiger partial charge in [0, 0.05) is 31.9 Å². The van der Waals surface area contributed by atoms with E-state index in [0.29, 0.717) is 23.1 Å². The molecule has 4 rings (SSSR count). The van der Waals surface area contributed by atoms with Crippen LogP contribution >= 0.6 is 11.3 Å². The van der Waals surface area contributed by atoms with Crippen molar-refractivity contribution in [2.24, 2.45) is 0 Å². The molecule has 0 atom stereocenters. The number of nitrogens with zero attached hydrogens (tertiary/aromatic N) is 6. The number of ether oxygens (including phenoxy) is 1. The van der Waals surface area contributed by atoms with Crippen molar-refractivity contribution in [3.05, 3.63) is 35.6 Å². The topological polar surface area (TPSA) is 75.9 Å². The van der Waals surface area contributed by atoms with E-state index >= 15 is 0 Å². The number of amides is 1. The van der Waals surface area contributed by atoms with Gasteiger partial charge in [0.05, 0.1) is 7.11 Å². The number of anilines is 1. The Morgan fingerprint density at radius 1 is 1.17 bits per heavy atom.